The fourth-order valence-corrected chi connectivity index (χ4v) is 4.89. The number of carbonyl (C=O) groups is 1. The highest BCUT2D eigenvalue weighted by molar-refractivity contribution is 8.02. The Morgan fingerprint density at radius 1 is 1.22 bits per heavy atom. The number of thioether (sulfide) groups is 2. The van der Waals surface area contributed by atoms with Crippen LogP contribution in [0.15, 0.2) is 58.0 Å². The fraction of sp³-hybridized carbons (Fsp3) is 0.200. The Kier molecular flexibility index (Phi) is 6.78. The van der Waals surface area contributed by atoms with Crippen LogP contribution in [0, 0.1) is 11.3 Å². The molecule has 0 aromatic heterocycles. The van der Waals surface area contributed by atoms with Crippen molar-refractivity contribution in [2.24, 2.45) is 0 Å². The van der Waals surface area contributed by atoms with E-state index >= 15 is 0 Å². The van der Waals surface area contributed by atoms with Crippen molar-refractivity contribution in [3.8, 4) is 6.07 Å². The Balaban J connectivity index is 1.87. The number of rotatable bonds is 5. The van der Waals surface area contributed by atoms with Crippen LogP contribution in [0.2, 0.25) is 10.0 Å². The van der Waals surface area contributed by atoms with Crippen molar-refractivity contribution in [2.75, 3.05) is 6.26 Å². The average molecular weight is 435 g/mol. The van der Waals surface area contributed by atoms with E-state index in [1.54, 1.807) is 23.9 Å². The smallest absolute Gasteiger partial charge is 0.225 e. The zero-order valence-electron chi connectivity index (χ0n) is 14.5. The number of allylic oxidation sites excluding steroid dienone is 1. The molecule has 7 heteroatoms. The van der Waals surface area contributed by atoms with Crippen LogP contribution in [0.25, 0.3) is 0 Å². The van der Waals surface area contributed by atoms with Gasteiger partial charge in [0.2, 0.25) is 5.91 Å². The van der Waals surface area contributed by atoms with Crippen molar-refractivity contribution in [1.29, 1.82) is 5.26 Å². The van der Waals surface area contributed by atoms with Crippen LogP contribution in [0.3, 0.4) is 0 Å². The summed E-state index contributed by atoms with van der Waals surface area (Å²) in [6.45, 7) is 0. The molecule has 0 spiro atoms. The minimum absolute atomic E-state index is 0.0855. The standard InChI is InChI=1S/C20H16Cl2N2OS2/c1-26-15-6-3-12(4-7-15)16-9-19(25)24-20(17(16)10-23)27-11-13-2-5-14(21)8-18(13)22/h2-8,16H,9,11H2,1H3,(H,24,25)/t16-/m1/s1. The van der Waals surface area contributed by atoms with Gasteiger partial charge < -0.3 is 5.32 Å². The lowest BCUT2D eigenvalue weighted by Crippen LogP contribution is -2.30. The second kappa shape index (κ2) is 9.07. The van der Waals surface area contributed by atoms with Crippen LogP contribution in [-0.2, 0) is 10.5 Å². The first-order chi connectivity index (χ1) is 13.0. The third-order valence-electron chi connectivity index (χ3n) is 4.26. The summed E-state index contributed by atoms with van der Waals surface area (Å²) in [5, 5.41) is 14.3. The van der Waals surface area contributed by atoms with E-state index in [1.807, 2.05) is 36.6 Å². The highest BCUT2D eigenvalue weighted by Gasteiger charge is 2.29. The molecule has 2 aromatic rings. The number of nitrogens with zero attached hydrogens (tertiary/aromatic N) is 1. The molecule has 3 nitrogen and oxygen atoms in total. The summed E-state index contributed by atoms with van der Waals surface area (Å²) >= 11 is 15.2. The monoisotopic (exact) mass is 434 g/mol. The number of hydrogen-bond donors (Lipinski definition) is 1. The molecule has 0 bridgehead atoms. The number of nitrogens with one attached hydrogen (secondary N) is 1. The Hall–Kier alpha value is -1.58. The second-order valence-corrected chi connectivity index (χ2v) is 8.67. The van der Waals surface area contributed by atoms with Crippen LogP contribution in [0.1, 0.15) is 23.5 Å². The predicted octanol–water partition coefficient (Wildman–Crippen LogP) is 5.99. The van der Waals surface area contributed by atoms with Gasteiger partial charge in [-0.05, 0) is 41.6 Å². The molecule has 2 aromatic carbocycles. The van der Waals surface area contributed by atoms with Gasteiger partial charge in [-0.3, -0.25) is 4.79 Å². The minimum atomic E-state index is -0.233. The van der Waals surface area contributed by atoms with Crippen molar-refractivity contribution in [2.45, 2.75) is 23.0 Å². The number of carbonyl (C=O) groups excluding carboxylic acids is 1. The summed E-state index contributed by atoms with van der Waals surface area (Å²) in [6, 6.07) is 15.6. The van der Waals surface area contributed by atoms with Crippen LogP contribution in [-0.4, -0.2) is 12.2 Å². The summed E-state index contributed by atoms with van der Waals surface area (Å²) in [5.74, 6) is 0.218. The molecule has 1 heterocycles. The first kappa shape index (κ1) is 20.2. The largest absolute Gasteiger partial charge is 0.320 e. The van der Waals surface area contributed by atoms with Crippen molar-refractivity contribution in [1.82, 2.24) is 5.32 Å². The molecule has 0 radical (unpaired) electrons. The van der Waals surface area contributed by atoms with Gasteiger partial charge >= 0.3 is 0 Å². The minimum Gasteiger partial charge on any atom is -0.320 e. The maximum Gasteiger partial charge on any atom is 0.225 e. The lowest BCUT2D eigenvalue weighted by Gasteiger charge is -2.25. The molecule has 1 amide bonds. The quantitative estimate of drug-likeness (QED) is 0.587. The summed E-state index contributed by atoms with van der Waals surface area (Å²) < 4.78 is 0. The Labute approximate surface area is 177 Å². The molecule has 0 fully saturated rings. The number of nitriles is 1. The van der Waals surface area contributed by atoms with E-state index in [0.717, 1.165) is 16.0 Å². The second-order valence-electron chi connectivity index (χ2n) is 5.96. The highest BCUT2D eigenvalue weighted by atomic mass is 35.5. The molecule has 1 atom stereocenters. The van der Waals surface area contributed by atoms with Crippen LogP contribution in [0.4, 0.5) is 0 Å². The van der Waals surface area contributed by atoms with Gasteiger partial charge in [-0.2, -0.15) is 5.26 Å². The lowest BCUT2D eigenvalue weighted by molar-refractivity contribution is -0.120. The maximum atomic E-state index is 12.2. The van der Waals surface area contributed by atoms with E-state index in [1.165, 1.54) is 11.8 Å². The molecule has 0 unspecified atom stereocenters. The summed E-state index contributed by atoms with van der Waals surface area (Å²) in [6.07, 6.45) is 2.29. The van der Waals surface area contributed by atoms with Gasteiger partial charge in [-0.25, -0.2) is 0 Å². The van der Waals surface area contributed by atoms with E-state index in [-0.39, 0.29) is 18.2 Å². The molecule has 1 aliphatic rings. The number of benzene rings is 2. The van der Waals surface area contributed by atoms with Gasteiger partial charge in [0.15, 0.2) is 0 Å². The number of hydrogen-bond acceptors (Lipinski definition) is 4. The van der Waals surface area contributed by atoms with E-state index in [0.29, 0.717) is 26.4 Å². The van der Waals surface area contributed by atoms with Crippen molar-refractivity contribution in [3.05, 3.63) is 74.2 Å². The van der Waals surface area contributed by atoms with Crippen LogP contribution >= 0.6 is 46.7 Å². The Morgan fingerprint density at radius 3 is 2.59 bits per heavy atom. The topological polar surface area (TPSA) is 52.9 Å². The Bertz CT molecular complexity index is 936. The van der Waals surface area contributed by atoms with E-state index in [4.69, 9.17) is 23.2 Å². The fourth-order valence-electron chi connectivity index (χ4n) is 2.84. The van der Waals surface area contributed by atoms with Gasteiger partial charge in [0, 0.05) is 33.0 Å². The molecule has 138 valence electrons. The molecule has 0 aliphatic carbocycles. The first-order valence-electron chi connectivity index (χ1n) is 8.16. The summed E-state index contributed by atoms with van der Waals surface area (Å²) in [7, 11) is 0. The number of amides is 1. The Morgan fingerprint density at radius 2 is 1.96 bits per heavy atom. The molecule has 27 heavy (non-hydrogen) atoms. The van der Waals surface area contributed by atoms with Gasteiger partial charge in [-0.15, -0.1) is 23.5 Å². The summed E-state index contributed by atoms with van der Waals surface area (Å²) in [4.78, 5) is 13.4. The third-order valence-corrected chi connectivity index (χ3v) is 6.66. The maximum absolute atomic E-state index is 12.2. The SMILES string of the molecule is CSc1ccc([C@H]2CC(=O)NC(SCc3ccc(Cl)cc3Cl)=C2C#N)cc1. The predicted molar refractivity (Wildman–Crippen MR) is 114 cm³/mol. The number of halogens is 2. The first-order valence-corrected chi connectivity index (χ1v) is 11.1. The summed E-state index contributed by atoms with van der Waals surface area (Å²) in [5.41, 5.74) is 2.46. The molecule has 3 rings (SSSR count). The molecular weight excluding hydrogens is 419 g/mol. The van der Waals surface area contributed by atoms with E-state index in [2.05, 4.69) is 11.4 Å². The zero-order chi connectivity index (χ0) is 19.4. The van der Waals surface area contributed by atoms with Crippen molar-refractivity contribution >= 4 is 52.6 Å². The highest BCUT2D eigenvalue weighted by Crippen LogP contribution is 2.38. The van der Waals surface area contributed by atoms with Crippen LogP contribution in [0.5, 0.6) is 0 Å². The zero-order valence-corrected chi connectivity index (χ0v) is 17.6. The molecule has 1 N–H and O–H groups in total. The van der Waals surface area contributed by atoms with Crippen molar-refractivity contribution < 1.29 is 4.79 Å². The molecule has 0 saturated heterocycles. The van der Waals surface area contributed by atoms with Gasteiger partial charge in [0.1, 0.15) is 0 Å². The van der Waals surface area contributed by atoms with Gasteiger partial charge in [-0.1, -0.05) is 41.4 Å². The third kappa shape index (κ3) is 4.83. The average Bonchev–Trinajstić information content (AvgIpc) is 2.67. The normalized spacial score (nSPS) is 16.8. The van der Waals surface area contributed by atoms with Gasteiger partial charge in [0.25, 0.3) is 0 Å². The molecule has 1 aliphatic heterocycles. The molecule has 0 saturated carbocycles. The van der Waals surface area contributed by atoms with Gasteiger partial charge in [0.05, 0.1) is 16.7 Å². The van der Waals surface area contributed by atoms with Crippen LogP contribution < -0.4 is 5.32 Å². The van der Waals surface area contributed by atoms with E-state index < -0.39 is 0 Å². The molecular formula is C20H16Cl2N2OS2. The van der Waals surface area contributed by atoms with Crippen molar-refractivity contribution in [3.63, 3.8) is 0 Å². The van der Waals surface area contributed by atoms with E-state index in [9.17, 15) is 10.1 Å². The lowest BCUT2D eigenvalue weighted by atomic mass is 9.87.